The summed E-state index contributed by atoms with van der Waals surface area (Å²) >= 11 is 9.98. The van der Waals surface area contributed by atoms with Crippen LogP contribution in [-0.2, 0) is 12.8 Å². The second-order valence-electron chi connectivity index (χ2n) is 1.71. The zero-order chi connectivity index (χ0) is 7.40. The summed E-state index contributed by atoms with van der Waals surface area (Å²) in [6, 6.07) is 9.76. The van der Waals surface area contributed by atoms with Crippen molar-refractivity contribution < 1.29 is 0 Å². The van der Waals surface area contributed by atoms with E-state index in [0.717, 1.165) is 5.56 Å². The monoisotopic (exact) mass is 169 g/mol. The summed E-state index contributed by atoms with van der Waals surface area (Å²) in [7, 11) is 0. The van der Waals surface area contributed by atoms with E-state index in [2.05, 4.69) is 23.1 Å². The second-order valence-corrected chi connectivity index (χ2v) is 2.33. The molecular formula is C7H4ClNS. The maximum absolute atomic E-state index is 5.63. The third-order valence-electron chi connectivity index (χ3n) is 1.02. The lowest BCUT2D eigenvalue weighted by atomic mass is 10.2. The number of halogens is 1. The van der Waals surface area contributed by atoms with Crippen molar-refractivity contribution in [2.24, 2.45) is 0 Å². The van der Waals surface area contributed by atoms with Crippen LogP contribution in [-0.4, -0.2) is 0 Å². The Morgan fingerprint density at radius 3 is 2.40 bits per heavy atom. The third-order valence-corrected chi connectivity index (χ3v) is 1.36. The van der Waals surface area contributed by atoms with Gasteiger partial charge in [-0.3, -0.25) is 12.8 Å². The van der Waals surface area contributed by atoms with Gasteiger partial charge < -0.3 is 0 Å². The Morgan fingerprint density at radius 1 is 1.30 bits per heavy atom. The maximum atomic E-state index is 5.63. The highest BCUT2D eigenvalue weighted by Crippen LogP contribution is 2.08. The summed E-state index contributed by atoms with van der Waals surface area (Å²) < 4.78 is 3.33. The van der Waals surface area contributed by atoms with E-state index in [9.17, 15) is 0 Å². The van der Waals surface area contributed by atoms with Gasteiger partial charge in [0, 0.05) is 5.02 Å². The minimum Gasteiger partial charge on any atom is -0.263 e. The van der Waals surface area contributed by atoms with Gasteiger partial charge in [-0.15, -0.1) is 0 Å². The molecule has 0 saturated heterocycles. The van der Waals surface area contributed by atoms with Crippen LogP contribution in [0.25, 0.3) is 4.25 Å². The van der Waals surface area contributed by atoms with Gasteiger partial charge >= 0.3 is 0 Å². The van der Waals surface area contributed by atoms with Crippen molar-refractivity contribution in [1.82, 2.24) is 0 Å². The summed E-state index contributed by atoms with van der Waals surface area (Å²) in [5.74, 6) is 0. The van der Waals surface area contributed by atoms with Crippen LogP contribution in [0.15, 0.2) is 24.3 Å². The molecule has 0 N–H and O–H groups in total. The van der Waals surface area contributed by atoms with Crippen LogP contribution in [0.3, 0.4) is 0 Å². The summed E-state index contributed by atoms with van der Waals surface area (Å²) in [6.07, 6.45) is 0. The lowest BCUT2D eigenvalue weighted by Gasteiger charge is -1.84. The third kappa shape index (κ3) is 1.87. The molecule has 10 heavy (non-hydrogen) atoms. The lowest BCUT2D eigenvalue weighted by molar-refractivity contribution is 1.65. The smallest absolute Gasteiger partial charge is 0.263 e. The van der Waals surface area contributed by atoms with Crippen LogP contribution in [0.1, 0.15) is 5.56 Å². The molecule has 1 nitrogen and oxygen atoms in total. The number of nitrogens with zero attached hydrogens (tertiary/aromatic N) is 1. The first kappa shape index (κ1) is 7.33. The largest absolute Gasteiger partial charge is 0.291 e. The van der Waals surface area contributed by atoms with E-state index >= 15 is 0 Å². The first-order valence-corrected chi connectivity index (χ1v) is 3.41. The molecule has 0 heterocycles. The van der Waals surface area contributed by atoms with Crippen molar-refractivity contribution in [1.29, 1.82) is 0 Å². The van der Waals surface area contributed by atoms with E-state index < -0.39 is 0 Å². The number of hydrogen-bond acceptors (Lipinski definition) is 1. The van der Waals surface area contributed by atoms with Crippen LogP contribution in [0.5, 0.6) is 0 Å². The van der Waals surface area contributed by atoms with Crippen LogP contribution >= 0.6 is 11.6 Å². The van der Waals surface area contributed by atoms with E-state index in [1.54, 1.807) is 24.3 Å². The van der Waals surface area contributed by atoms with E-state index in [0.29, 0.717) is 5.02 Å². The molecule has 0 saturated carbocycles. The van der Waals surface area contributed by atoms with Crippen molar-refractivity contribution in [3.05, 3.63) is 39.1 Å². The first-order valence-electron chi connectivity index (χ1n) is 2.67. The highest BCUT2D eigenvalue weighted by molar-refractivity contribution is 7.61. The van der Waals surface area contributed by atoms with Crippen molar-refractivity contribution in [3.63, 3.8) is 0 Å². The van der Waals surface area contributed by atoms with E-state index in [-0.39, 0.29) is 0 Å². The van der Waals surface area contributed by atoms with Crippen LogP contribution < -0.4 is 0 Å². The predicted molar refractivity (Wildman–Crippen MR) is 45.2 cm³/mol. The summed E-state index contributed by atoms with van der Waals surface area (Å²) in [6.45, 7) is 0. The quantitative estimate of drug-likeness (QED) is 0.540. The molecule has 0 bridgehead atoms. The van der Waals surface area contributed by atoms with Crippen LogP contribution in [0.2, 0.25) is 5.02 Å². The second kappa shape index (κ2) is 3.40. The maximum Gasteiger partial charge on any atom is 0.291 e. The molecule has 0 atom stereocenters. The molecule has 0 unspecified atom stereocenters. The number of rotatable bonds is 0. The fourth-order valence-corrected chi connectivity index (χ4v) is 0.809. The van der Waals surface area contributed by atoms with Gasteiger partial charge in [0.2, 0.25) is 0 Å². The molecule has 0 amide bonds. The average Bonchev–Trinajstić information content (AvgIpc) is 1.95. The molecule has 0 aliphatic carbocycles. The molecule has 0 spiro atoms. The van der Waals surface area contributed by atoms with Gasteiger partial charge in [0.05, 0.1) is 5.56 Å². The van der Waals surface area contributed by atoms with Crippen molar-refractivity contribution in [3.8, 4) is 6.07 Å². The van der Waals surface area contributed by atoms with Gasteiger partial charge in [0.1, 0.15) is 0 Å². The van der Waals surface area contributed by atoms with Gasteiger partial charge in [-0.2, -0.15) is 4.25 Å². The van der Waals surface area contributed by atoms with Crippen molar-refractivity contribution in [2.45, 2.75) is 0 Å². The van der Waals surface area contributed by atoms with Gasteiger partial charge in [-0.1, -0.05) is 11.6 Å². The molecule has 3 heteroatoms. The normalized spacial score (nSPS) is 8.10. The molecule has 0 aliphatic heterocycles. The minimum absolute atomic E-state index is 0.704. The Hall–Kier alpha value is -0.780. The molecular weight excluding hydrogens is 166 g/mol. The van der Waals surface area contributed by atoms with Gasteiger partial charge in [-0.25, -0.2) is 0 Å². The van der Waals surface area contributed by atoms with E-state index in [1.165, 1.54) is 0 Å². The predicted octanol–water partition coefficient (Wildman–Crippen LogP) is 2.48. The Bertz CT molecular complexity index is 270. The topological polar surface area (TPSA) is 4.36 Å². The lowest BCUT2D eigenvalue weighted by Crippen LogP contribution is -1.69. The molecule has 0 aromatic heterocycles. The minimum atomic E-state index is 0.704. The number of benzene rings is 1. The van der Waals surface area contributed by atoms with Crippen molar-refractivity contribution in [2.75, 3.05) is 0 Å². The average molecular weight is 170 g/mol. The Morgan fingerprint density at radius 2 is 1.90 bits per heavy atom. The zero-order valence-corrected chi connectivity index (χ0v) is 6.62. The van der Waals surface area contributed by atoms with Gasteiger partial charge in [0.25, 0.3) is 6.07 Å². The zero-order valence-electron chi connectivity index (χ0n) is 5.04. The van der Waals surface area contributed by atoms with E-state index in [4.69, 9.17) is 11.6 Å². The fraction of sp³-hybridized carbons (Fsp3) is 0. The molecule has 0 fully saturated rings. The summed E-state index contributed by atoms with van der Waals surface area (Å²) in [5.41, 5.74) is 0.847. The highest BCUT2D eigenvalue weighted by atomic mass is 35.5. The van der Waals surface area contributed by atoms with Crippen LogP contribution in [0.4, 0.5) is 0 Å². The first-order chi connectivity index (χ1) is 4.83. The summed E-state index contributed by atoms with van der Waals surface area (Å²) in [5, 5.41) is 0.704. The molecule has 1 rings (SSSR count). The highest BCUT2D eigenvalue weighted by Gasteiger charge is 1.90. The molecule has 0 radical (unpaired) electrons. The number of hydrogen-bond donors (Lipinski definition) is 0. The van der Waals surface area contributed by atoms with E-state index in [1.807, 2.05) is 0 Å². The molecule has 0 aliphatic rings. The molecule has 50 valence electrons. The van der Waals surface area contributed by atoms with Crippen molar-refractivity contribution >= 4 is 24.4 Å². The molecule has 1 aromatic carbocycles. The van der Waals surface area contributed by atoms with Gasteiger partial charge in [0.15, 0.2) is 0 Å². The van der Waals surface area contributed by atoms with Crippen LogP contribution in [0, 0.1) is 6.07 Å². The Labute approximate surface area is 70.0 Å². The van der Waals surface area contributed by atoms with Gasteiger partial charge in [-0.05, 0) is 24.3 Å². The summed E-state index contributed by atoms with van der Waals surface area (Å²) in [4.78, 5) is 0. The molecule has 1 aromatic rings. The SMILES string of the molecule is [S-][N+]#Cc1ccc(Cl)cc1. The fourth-order valence-electron chi connectivity index (χ4n) is 0.577. The standard InChI is InChI=1S/C7H4ClNS/c8-7-3-1-6(2-4-7)5-9-10/h1-4H. The Balaban J connectivity index is 2.97. The Kier molecular flexibility index (Phi) is 2.49.